The van der Waals surface area contributed by atoms with Crippen LogP contribution in [0.15, 0.2) is 24.8 Å². The van der Waals surface area contributed by atoms with Gasteiger partial charge in [-0.15, -0.1) is 0 Å². The lowest BCUT2D eigenvalue weighted by Crippen LogP contribution is -2.44. The van der Waals surface area contributed by atoms with Gasteiger partial charge in [0, 0.05) is 13.1 Å². The van der Waals surface area contributed by atoms with Crippen molar-refractivity contribution < 1.29 is 4.79 Å². The molecule has 1 aromatic rings. The number of nitrogens with one attached hydrogen (secondary N) is 1. The quantitative estimate of drug-likeness (QED) is 0.793. The monoisotopic (exact) mass is 249 g/mol. The molecule has 0 bridgehead atoms. The van der Waals surface area contributed by atoms with Crippen LogP contribution in [-0.2, 0) is 6.54 Å². The number of carbonyl (C=O) groups excluding carboxylic acids is 1. The van der Waals surface area contributed by atoms with E-state index >= 15 is 0 Å². The fourth-order valence-corrected chi connectivity index (χ4v) is 2.08. The van der Waals surface area contributed by atoms with Crippen molar-refractivity contribution in [2.45, 2.75) is 32.4 Å². The molecule has 0 saturated heterocycles. The summed E-state index contributed by atoms with van der Waals surface area (Å²) < 4.78 is 1.70. The smallest absolute Gasteiger partial charge is 0.318 e. The number of amides is 2. The number of nitrogens with zero attached hydrogens (tertiary/aromatic N) is 4. The van der Waals surface area contributed by atoms with Crippen LogP contribution in [0.5, 0.6) is 0 Å². The van der Waals surface area contributed by atoms with Crippen molar-refractivity contribution in [3.05, 3.63) is 24.8 Å². The lowest BCUT2D eigenvalue weighted by atomic mass is 10.2. The van der Waals surface area contributed by atoms with Crippen LogP contribution in [0.25, 0.3) is 0 Å². The summed E-state index contributed by atoms with van der Waals surface area (Å²) in [5, 5.41) is 6.89. The van der Waals surface area contributed by atoms with Crippen molar-refractivity contribution >= 4 is 6.03 Å². The van der Waals surface area contributed by atoms with Crippen LogP contribution >= 0.6 is 0 Å². The average molecular weight is 249 g/mol. The summed E-state index contributed by atoms with van der Waals surface area (Å²) >= 11 is 0. The highest BCUT2D eigenvalue weighted by atomic mass is 16.2. The molecule has 0 radical (unpaired) electrons. The second-order valence-electron chi connectivity index (χ2n) is 4.33. The third-order valence-electron chi connectivity index (χ3n) is 2.99. The molecule has 2 heterocycles. The van der Waals surface area contributed by atoms with Crippen molar-refractivity contribution in [2.24, 2.45) is 0 Å². The van der Waals surface area contributed by atoms with Crippen LogP contribution in [0.1, 0.15) is 19.8 Å². The maximum Gasteiger partial charge on any atom is 0.318 e. The molecule has 0 fully saturated rings. The molecule has 6 nitrogen and oxygen atoms in total. The first kappa shape index (κ1) is 12.6. The molecule has 2 amide bonds. The predicted molar refractivity (Wildman–Crippen MR) is 68.0 cm³/mol. The molecule has 0 unspecified atom stereocenters. The number of urea groups is 1. The van der Waals surface area contributed by atoms with Crippen molar-refractivity contribution in [3.8, 4) is 0 Å². The van der Waals surface area contributed by atoms with Crippen LogP contribution in [0.2, 0.25) is 0 Å². The summed E-state index contributed by atoms with van der Waals surface area (Å²) in [4.78, 5) is 17.7. The minimum Gasteiger partial charge on any atom is -0.336 e. The van der Waals surface area contributed by atoms with Crippen LogP contribution in [0.4, 0.5) is 4.79 Å². The van der Waals surface area contributed by atoms with Gasteiger partial charge < -0.3 is 10.2 Å². The molecule has 1 aliphatic heterocycles. The van der Waals surface area contributed by atoms with Crippen molar-refractivity contribution in [1.82, 2.24) is 25.0 Å². The lowest BCUT2D eigenvalue weighted by Gasteiger charge is -2.24. The summed E-state index contributed by atoms with van der Waals surface area (Å²) in [6.45, 7) is 4.05. The van der Waals surface area contributed by atoms with Crippen LogP contribution < -0.4 is 5.32 Å². The Morgan fingerprint density at radius 2 is 2.44 bits per heavy atom. The minimum absolute atomic E-state index is 0.00133. The average Bonchev–Trinajstić information content (AvgIpc) is 3.00. The molecule has 18 heavy (non-hydrogen) atoms. The third kappa shape index (κ3) is 3.09. The number of hydrogen-bond acceptors (Lipinski definition) is 3. The van der Waals surface area contributed by atoms with Gasteiger partial charge in [-0.3, -0.25) is 4.68 Å². The molecular weight excluding hydrogens is 230 g/mol. The summed E-state index contributed by atoms with van der Waals surface area (Å²) in [7, 11) is 0. The van der Waals surface area contributed by atoms with E-state index in [-0.39, 0.29) is 12.1 Å². The number of carbonyl (C=O) groups is 1. The number of aromatic nitrogens is 3. The van der Waals surface area contributed by atoms with Crippen molar-refractivity contribution in [2.75, 3.05) is 13.1 Å². The van der Waals surface area contributed by atoms with E-state index in [0.717, 1.165) is 12.8 Å². The van der Waals surface area contributed by atoms with Gasteiger partial charge in [-0.2, -0.15) is 5.10 Å². The first-order valence-electron chi connectivity index (χ1n) is 6.35. The first-order valence-corrected chi connectivity index (χ1v) is 6.35. The third-order valence-corrected chi connectivity index (χ3v) is 2.99. The fraction of sp³-hybridized carbons (Fsp3) is 0.583. The predicted octanol–water partition coefficient (Wildman–Crippen LogP) is 1.03. The van der Waals surface area contributed by atoms with E-state index < -0.39 is 0 Å². The van der Waals surface area contributed by atoms with E-state index in [2.05, 4.69) is 34.5 Å². The van der Waals surface area contributed by atoms with Gasteiger partial charge in [0.05, 0.1) is 12.6 Å². The Bertz CT molecular complexity index is 401. The Morgan fingerprint density at radius 3 is 3.17 bits per heavy atom. The van der Waals surface area contributed by atoms with Crippen LogP contribution in [0, 0.1) is 0 Å². The molecule has 98 valence electrons. The summed E-state index contributed by atoms with van der Waals surface area (Å²) in [5.74, 6) is 0. The number of hydrogen-bond donors (Lipinski definition) is 1. The van der Waals surface area contributed by atoms with E-state index in [1.807, 2.05) is 4.90 Å². The lowest BCUT2D eigenvalue weighted by molar-refractivity contribution is 0.194. The zero-order valence-electron chi connectivity index (χ0n) is 10.6. The summed E-state index contributed by atoms with van der Waals surface area (Å²) in [6, 6.07) is 0.250. The maximum atomic E-state index is 12.0. The van der Waals surface area contributed by atoms with Crippen molar-refractivity contribution in [3.63, 3.8) is 0 Å². The van der Waals surface area contributed by atoms with E-state index in [0.29, 0.717) is 19.6 Å². The second-order valence-corrected chi connectivity index (χ2v) is 4.33. The minimum atomic E-state index is -0.00133. The molecular formula is C12H19N5O. The zero-order chi connectivity index (χ0) is 12.8. The van der Waals surface area contributed by atoms with Gasteiger partial charge in [-0.25, -0.2) is 9.78 Å². The van der Waals surface area contributed by atoms with Gasteiger partial charge in [0.15, 0.2) is 0 Å². The standard InChI is InChI=1S/C12H19N5O/c1-2-4-11-5-3-7-17(11)12(18)14-6-8-16-10-13-9-15-16/h3,5,9-11H,2,4,6-8H2,1H3,(H,14,18)/t11-/m0/s1. The number of rotatable bonds is 5. The zero-order valence-corrected chi connectivity index (χ0v) is 10.6. The van der Waals surface area contributed by atoms with E-state index in [1.165, 1.54) is 6.33 Å². The molecule has 0 aliphatic carbocycles. The van der Waals surface area contributed by atoms with E-state index in [1.54, 1.807) is 11.0 Å². The normalized spacial score (nSPS) is 18.3. The van der Waals surface area contributed by atoms with E-state index in [4.69, 9.17) is 0 Å². The SMILES string of the molecule is CCC[C@H]1C=CCN1C(=O)NCCn1cncn1. The fourth-order valence-electron chi connectivity index (χ4n) is 2.08. The van der Waals surface area contributed by atoms with Gasteiger partial charge in [0.25, 0.3) is 0 Å². The molecule has 1 atom stereocenters. The van der Waals surface area contributed by atoms with Gasteiger partial charge in [0.1, 0.15) is 12.7 Å². The van der Waals surface area contributed by atoms with Gasteiger partial charge in [0.2, 0.25) is 0 Å². The van der Waals surface area contributed by atoms with Gasteiger partial charge in [-0.05, 0) is 6.42 Å². The van der Waals surface area contributed by atoms with Gasteiger partial charge in [-0.1, -0.05) is 25.5 Å². The molecule has 1 aromatic heterocycles. The van der Waals surface area contributed by atoms with Gasteiger partial charge >= 0.3 is 6.03 Å². The van der Waals surface area contributed by atoms with Crippen molar-refractivity contribution in [1.29, 1.82) is 0 Å². The molecule has 1 aliphatic rings. The Hall–Kier alpha value is -1.85. The Morgan fingerprint density at radius 1 is 1.56 bits per heavy atom. The first-order chi connectivity index (χ1) is 8.81. The molecule has 1 N–H and O–H groups in total. The molecule has 0 spiro atoms. The molecule has 0 aromatic carbocycles. The molecule has 0 saturated carbocycles. The summed E-state index contributed by atoms with van der Waals surface area (Å²) in [6.07, 6.45) is 9.40. The Kier molecular flexibility index (Phi) is 4.33. The highest BCUT2D eigenvalue weighted by molar-refractivity contribution is 5.75. The van der Waals surface area contributed by atoms with Crippen LogP contribution in [-0.4, -0.2) is 44.8 Å². The molecule has 2 rings (SSSR count). The Labute approximate surface area is 107 Å². The highest BCUT2D eigenvalue weighted by Crippen LogP contribution is 2.14. The largest absolute Gasteiger partial charge is 0.336 e. The highest BCUT2D eigenvalue weighted by Gasteiger charge is 2.23. The topological polar surface area (TPSA) is 63.1 Å². The summed E-state index contributed by atoms with van der Waals surface area (Å²) in [5.41, 5.74) is 0. The molecule has 6 heteroatoms. The second kappa shape index (κ2) is 6.18. The Balaban J connectivity index is 1.74. The maximum absolute atomic E-state index is 12.0. The van der Waals surface area contributed by atoms with E-state index in [9.17, 15) is 4.79 Å². The van der Waals surface area contributed by atoms with Crippen LogP contribution in [0.3, 0.4) is 0 Å².